The molecule has 0 spiro atoms. The van der Waals surface area contributed by atoms with Crippen molar-refractivity contribution in [3.05, 3.63) is 52.4 Å². The fourth-order valence-corrected chi connectivity index (χ4v) is 6.05. The van der Waals surface area contributed by atoms with Gasteiger partial charge in [-0.3, -0.25) is 4.79 Å². The standard InChI is InChI=1S/C27H36ClN5O3/c1-17-14-23(35)25-24(17)26(31-16-30-25)32-10-12-33(13-11-32)27(36)22(18-2-4-19(28)5-3-18)15-29-20-6-8-21(34)9-7-20/h2-5,16-17,20-23,29,34-35H,6-15H2,1H3/t17-,20-,21-,22?,23-/m1/s1. The molecule has 1 unspecified atom stereocenters. The topological polar surface area (TPSA) is 102 Å². The summed E-state index contributed by atoms with van der Waals surface area (Å²) in [7, 11) is 0. The molecule has 2 fully saturated rings. The number of aromatic nitrogens is 2. The van der Waals surface area contributed by atoms with Crippen LogP contribution in [0.4, 0.5) is 5.82 Å². The zero-order chi connectivity index (χ0) is 25.2. The van der Waals surface area contributed by atoms with E-state index in [1.807, 2.05) is 29.2 Å². The molecular formula is C27H36ClN5O3. The largest absolute Gasteiger partial charge is 0.393 e. The van der Waals surface area contributed by atoms with Gasteiger partial charge < -0.3 is 25.3 Å². The second kappa shape index (κ2) is 11.0. The summed E-state index contributed by atoms with van der Waals surface area (Å²) in [6.07, 6.45) is 4.96. The molecule has 3 N–H and O–H groups in total. The lowest BCUT2D eigenvalue weighted by Crippen LogP contribution is -2.51. The van der Waals surface area contributed by atoms with Gasteiger partial charge in [0.25, 0.3) is 0 Å². The summed E-state index contributed by atoms with van der Waals surface area (Å²) in [5, 5.41) is 24.4. The molecule has 8 nitrogen and oxygen atoms in total. The number of carbonyl (C=O) groups excluding carboxylic acids is 1. The number of amides is 1. The second-order valence-corrected chi connectivity index (χ2v) is 10.9. The van der Waals surface area contributed by atoms with Crippen LogP contribution in [0.5, 0.6) is 0 Å². The maximum absolute atomic E-state index is 13.8. The second-order valence-electron chi connectivity index (χ2n) is 10.5. The molecule has 2 heterocycles. The number of fused-ring (bicyclic) bond motifs is 1. The molecule has 1 saturated carbocycles. The summed E-state index contributed by atoms with van der Waals surface area (Å²) in [6.45, 7) is 5.30. The number of hydrogen-bond donors (Lipinski definition) is 3. The molecule has 1 aliphatic heterocycles. The van der Waals surface area contributed by atoms with Crippen LogP contribution in [0.25, 0.3) is 0 Å². The molecule has 1 aromatic carbocycles. The zero-order valence-electron chi connectivity index (χ0n) is 20.8. The van der Waals surface area contributed by atoms with Crippen molar-refractivity contribution in [3.63, 3.8) is 0 Å². The molecule has 2 aliphatic carbocycles. The van der Waals surface area contributed by atoms with Gasteiger partial charge in [0, 0.05) is 49.4 Å². The zero-order valence-corrected chi connectivity index (χ0v) is 21.6. The highest BCUT2D eigenvalue weighted by molar-refractivity contribution is 6.30. The van der Waals surface area contributed by atoms with Gasteiger partial charge in [0.15, 0.2) is 0 Å². The van der Waals surface area contributed by atoms with Crippen molar-refractivity contribution in [2.24, 2.45) is 0 Å². The third-order valence-corrected chi connectivity index (χ3v) is 8.30. The smallest absolute Gasteiger partial charge is 0.231 e. The molecule has 194 valence electrons. The average molecular weight is 514 g/mol. The minimum Gasteiger partial charge on any atom is -0.393 e. The highest BCUT2D eigenvalue weighted by Gasteiger charge is 2.35. The van der Waals surface area contributed by atoms with Gasteiger partial charge in [-0.15, -0.1) is 0 Å². The van der Waals surface area contributed by atoms with E-state index in [1.54, 1.807) is 6.33 Å². The van der Waals surface area contributed by atoms with Crippen LogP contribution >= 0.6 is 11.6 Å². The maximum atomic E-state index is 13.8. The Hall–Kier alpha value is -2.26. The molecule has 5 rings (SSSR count). The van der Waals surface area contributed by atoms with Crippen molar-refractivity contribution in [2.75, 3.05) is 37.6 Å². The van der Waals surface area contributed by atoms with Crippen molar-refractivity contribution >= 4 is 23.3 Å². The van der Waals surface area contributed by atoms with Gasteiger partial charge in [-0.2, -0.15) is 0 Å². The van der Waals surface area contributed by atoms with Crippen LogP contribution < -0.4 is 10.2 Å². The molecule has 9 heteroatoms. The monoisotopic (exact) mass is 513 g/mol. The van der Waals surface area contributed by atoms with Crippen molar-refractivity contribution in [1.82, 2.24) is 20.2 Å². The van der Waals surface area contributed by atoms with E-state index in [2.05, 4.69) is 27.1 Å². The quantitative estimate of drug-likeness (QED) is 0.545. The van der Waals surface area contributed by atoms with Gasteiger partial charge in [-0.05, 0) is 55.7 Å². The Morgan fingerprint density at radius 2 is 1.78 bits per heavy atom. The van der Waals surface area contributed by atoms with E-state index >= 15 is 0 Å². The normalized spacial score (nSPS) is 27.1. The van der Waals surface area contributed by atoms with Gasteiger partial charge in [0.1, 0.15) is 12.1 Å². The number of nitrogens with zero attached hydrogens (tertiary/aromatic N) is 4. The number of hydrogen-bond acceptors (Lipinski definition) is 7. The Kier molecular flexibility index (Phi) is 7.76. The Morgan fingerprint density at radius 1 is 1.08 bits per heavy atom. The highest BCUT2D eigenvalue weighted by atomic mass is 35.5. The van der Waals surface area contributed by atoms with Gasteiger partial charge in [0.2, 0.25) is 5.91 Å². The number of aliphatic hydroxyl groups excluding tert-OH is 2. The molecule has 3 atom stereocenters. The third kappa shape index (κ3) is 5.37. The van der Waals surface area contributed by atoms with Crippen LogP contribution in [0.2, 0.25) is 5.02 Å². The molecule has 2 aromatic rings. The van der Waals surface area contributed by atoms with E-state index in [1.165, 1.54) is 0 Å². The van der Waals surface area contributed by atoms with E-state index in [9.17, 15) is 15.0 Å². The number of nitrogens with one attached hydrogen (secondary N) is 1. The van der Waals surface area contributed by atoms with Gasteiger partial charge in [-0.1, -0.05) is 30.7 Å². The van der Waals surface area contributed by atoms with Crippen molar-refractivity contribution in [2.45, 2.75) is 69.1 Å². The Morgan fingerprint density at radius 3 is 2.47 bits per heavy atom. The maximum Gasteiger partial charge on any atom is 0.231 e. The van der Waals surface area contributed by atoms with Crippen LogP contribution in [0.3, 0.4) is 0 Å². The van der Waals surface area contributed by atoms with Gasteiger partial charge in [0.05, 0.1) is 23.8 Å². The van der Waals surface area contributed by atoms with E-state index in [0.717, 1.165) is 48.3 Å². The van der Waals surface area contributed by atoms with Crippen LogP contribution in [-0.4, -0.2) is 75.9 Å². The van der Waals surface area contributed by atoms with Crippen LogP contribution in [0.1, 0.15) is 73.8 Å². The highest BCUT2D eigenvalue weighted by Crippen LogP contribution is 2.42. The number of piperazine rings is 1. The molecule has 3 aliphatic rings. The first-order valence-electron chi connectivity index (χ1n) is 13.1. The fraction of sp³-hybridized carbons (Fsp3) is 0.593. The minimum absolute atomic E-state index is 0.122. The third-order valence-electron chi connectivity index (χ3n) is 8.05. The number of anilines is 1. The van der Waals surface area contributed by atoms with Crippen molar-refractivity contribution in [1.29, 1.82) is 0 Å². The Labute approximate surface area is 217 Å². The van der Waals surface area contributed by atoms with Crippen molar-refractivity contribution < 1.29 is 15.0 Å². The summed E-state index contributed by atoms with van der Waals surface area (Å²) < 4.78 is 0. The van der Waals surface area contributed by atoms with Crippen LogP contribution in [-0.2, 0) is 4.79 Å². The summed E-state index contributed by atoms with van der Waals surface area (Å²) >= 11 is 6.12. The lowest BCUT2D eigenvalue weighted by molar-refractivity contribution is -0.133. The molecule has 1 amide bonds. The lowest BCUT2D eigenvalue weighted by atomic mass is 9.91. The summed E-state index contributed by atoms with van der Waals surface area (Å²) in [6, 6.07) is 7.91. The molecule has 0 bridgehead atoms. The van der Waals surface area contributed by atoms with Crippen molar-refractivity contribution in [3.8, 4) is 0 Å². The predicted octanol–water partition coefficient (Wildman–Crippen LogP) is 3.00. The Balaban J connectivity index is 1.26. The number of benzene rings is 1. The summed E-state index contributed by atoms with van der Waals surface area (Å²) in [5.74, 6) is 0.940. The number of rotatable bonds is 6. The number of aliphatic hydroxyl groups is 2. The first-order valence-corrected chi connectivity index (χ1v) is 13.5. The van der Waals surface area contributed by atoms with Crippen LogP contribution in [0.15, 0.2) is 30.6 Å². The summed E-state index contributed by atoms with van der Waals surface area (Å²) in [5.41, 5.74) is 2.76. The van der Waals surface area contributed by atoms with E-state index in [-0.39, 0.29) is 23.8 Å². The van der Waals surface area contributed by atoms with E-state index in [4.69, 9.17) is 11.6 Å². The molecular weight excluding hydrogens is 478 g/mol. The van der Waals surface area contributed by atoms with E-state index < -0.39 is 6.10 Å². The molecule has 1 saturated heterocycles. The van der Waals surface area contributed by atoms with Gasteiger partial charge >= 0.3 is 0 Å². The minimum atomic E-state index is -0.528. The number of halogens is 1. The average Bonchev–Trinajstić information content (AvgIpc) is 3.19. The summed E-state index contributed by atoms with van der Waals surface area (Å²) in [4.78, 5) is 26.9. The molecule has 36 heavy (non-hydrogen) atoms. The van der Waals surface area contributed by atoms with Crippen LogP contribution in [0, 0.1) is 0 Å². The predicted molar refractivity (Wildman–Crippen MR) is 139 cm³/mol. The first kappa shape index (κ1) is 25.4. The first-order chi connectivity index (χ1) is 17.4. The SMILES string of the molecule is C[C@@H]1C[C@@H](O)c2ncnc(N3CCN(C(=O)C(CN[C@H]4CC[C@H](O)CC4)c4ccc(Cl)cc4)CC3)c21. The fourth-order valence-electron chi connectivity index (χ4n) is 5.92. The lowest BCUT2D eigenvalue weighted by Gasteiger charge is -2.38. The van der Waals surface area contributed by atoms with E-state index in [0.29, 0.717) is 50.2 Å². The molecule has 1 aromatic heterocycles. The Bertz CT molecular complexity index is 1050. The number of carbonyl (C=O) groups is 1. The van der Waals surface area contributed by atoms with Gasteiger partial charge in [-0.25, -0.2) is 9.97 Å². The molecule has 0 radical (unpaired) electrons.